The van der Waals surface area contributed by atoms with Gasteiger partial charge in [-0.25, -0.2) is 0 Å². The largest absolute Gasteiger partial charge is 0.496 e. The Bertz CT molecular complexity index is 703. The summed E-state index contributed by atoms with van der Waals surface area (Å²) in [4.78, 5) is 26.2. The number of carbonyl (C=O) groups is 2. The summed E-state index contributed by atoms with van der Waals surface area (Å²) in [7, 11) is 1.61. The van der Waals surface area contributed by atoms with Crippen LogP contribution in [-0.2, 0) is 14.3 Å². The van der Waals surface area contributed by atoms with Gasteiger partial charge in [-0.05, 0) is 31.9 Å². The number of amides is 1. The highest BCUT2D eigenvalue weighted by Crippen LogP contribution is 2.34. The van der Waals surface area contributed by atoms with Crippen LogP contribution in [-0.4, -0.2) is 41.4 Å². The van der Waals surface area contributed by atoms with Crippen molar-refractivity contribution in [1.29, 1.82) is 0 Å². The number of carbonyl (C=O) groups excluding carboxylic acids is 2. The fraction of sp³-hybridized carbons (Fsp3) is 0.421. The molecule has 1 heterocycles. The van der Waals surface area contributed by atoms with E-state index in [1.54, 1.807) is 18.9 Å². The molecule has 0 unspecified atom stereocenters. The minimum atomic E-state index is -0.169. The molecule has 1 aliphatic rings. The monoisotopic (exact) mass is 393 g/mol. The number of unbranched alkanes of at least 4 members (excludes halogenated alkanes) is 2. The Morgan fingerprint density at radius 3 is 2.77 bits per heavy atom. The van der Waals surface area contributed by atoms with E-state index in [0.717, 1.165) is 30.6 Å². The van der Waals surface area contributed by atoms with Crippen LogP contribution in [0.1, 0.15) is 38.2 Å². The maximum atomic E-state index is 12.6. The highest BCUT2D eigenvalue weighted by Gasteiger charge is 2.31. The molecule has 0 aliphatic carbocycles. The molecule has 0 N–H and O–H groups in total. The molecule has 0 bridgehead atoms. The molecule has 1 aromatic rings. The van der Waals surface area contributed by atoms with Crippen molar-refractivity contribution in [1.82, 2.24) is 4.90 Å². The molecule has 7 heteroatoms. The maximum absolute atomic E-state index is 12.6. The summed E-state index contributed by atoms with van der Waals surface area (Å²) >= 11 is 6.66. The van der Waals surface area contributed by atoms with Crippen molar-refractivity contribution in [3.8, 4) is 5.75 Å². The van der Waals surface area contributed by atoms with Crippen molar-refractivity contribution in [3.63, 3.8) is 0 Å². The summed E-state index contributed by atoms with van der Waals surface area (Å²) in [6.45, 7) is 2.77. The maximum Gasteiger partial charge on any atom is 0.305 e. The SMILES string of the molecule is CCOC(=O)CCCCCN1C(=O)/C(=C\c2ccccc2OC)SC1=S. The number of hydrogen-bond acceptors (Lipinski definition) is 6. The van der Waals surface area contributed by atoms with Crippen molar-refractivity contribution >= 4 is 46.3 Å². The predicted octanol–water partition coefficient (Wildman–Crippen LogP) is 4.02. The van der Waals surface area contributed by atoms with E-state index in [2.05, 4.69) is 0 Å². The van der Waals surface area contributed by atoms with Crippen LogP contribution < -0.4 is 4.74 Å². The number of benzene rings is 1. The van der Waals surface area contributed by atoms with Gasteiger partial charge in [0, 0.05) is 18.5 Å². The van der Waals surface area contributed by atoms with E-state index >= 15 is 0 Å². The normalized spacial score (nSPS) is 15.6. The lowest BCUT2D eigenvalue weighted by Crippen LogP contribution is -2.29. The molecule has 1 aromatic carbocycles. The van der Waals surface area contributed by atoms with Crippen LogP contribution in [0.15, 0.2) is 29.2 Å². The number of nitrogens with zero attached hydrogens (tertiary/aromatic N) is 1. The van der Waals surface area contributed by atoms with Crippen LogP contribution in [0.5, 0.6) is 5.75 Å². The van der Waals surface area contributed by atoms with Crippen molar-refractivity contribution in [2.45, 2.75) is 32.6 Å². The number of hydrogen-bond donors (Lipinski definition) is 0. The molecule has 0 spiro atoms. The average molecular weight is 394 g/mol. The van der Waals surface area contributed by atoms with Crippen LogP contribution in [0.3, 0.4) is 0 Å². The van der Waals surface area contributed by atoms with Gasteiger partial charge in [0.05, 0.1) is 18.6 Å². The third-order valence-electron chi connectivity index (χ3n) is 3.87. The second-order valence-corrected chi connectivity index (χ2v) is 7.37. The topological polar surface area (TPSA) is 55.8 Å². The zero-order chi connectivity index (χ0) is 18.9. The van der Waals surface area contributed by atoms with Gasteiger partial charge in [-0.3, -0.25) is 14.5 Å². The molecule has 1 fully saturated rings. The first-order valence-electron chi connectivity index (χ1n) is 8.60. The lowest BCUT2D eigenvalue weighted by molar-refractivity contribution is -0.143. The fourth-order valence-corrected chi connectivity index (χ4v) is 3.87. The number of methoxy groups -OCH3 is 1. The van der Waals surface area contributed by atoms with Gasteiger partial charge in [0.2, 0.25) is 0 Å². The lowest BCUT2D eigenvalue weighted by Gasteiger charge is -2.14. The minimum Gasteiger partial charge on any atom is -0.496 e. The molecular formula is C19H23NO4S2. The number of para-hydroxylation sites is 1. The molecule has 1 saturated heterocycles. The van der Waals surface area contributed by atoms with Gasteiger partial charge >= 0.3 is 5.97 Å². The van der Waals surface area contributed by atoms with Gasteiger partial charge < -0.3 is 9.47 Å². The smallest absolute Gasteiger partial charge is 0.305 e. The number of rotatable bonds is 9. The second kappa shape index (κ2) is 10.3. The predicted molar refractivity (Wildman–Crippen MR) is 108 cm³/mol. The van der Waals surface area contributed by atoms with Gasteiger partial charge in [-0.15, -0.1) is 0 Å². The molecule has 1 aliphatic heterocycles. The Labute approximate surface area is 163 Å². The molecule has 0 radical (unpaired) electrons. The molecule has 140 valence electrons. The summed E-state index contributed by atoms with van der Waals surface area (Å²) in [5.74, 6) is 0.478. The fourth-order valence-electron chi connectivity index (χ4n) is 2.57. The van der Waals surface area contributed by atoms with Crippen molar-refractivity contribution in [3.05, 3.63) is 34.7 Å². The molecule has 5 nitrogen and oxygen atoms in total. The van der Waals surface area contributed by atoms with E-state index in [4.69, 9.17) is 21.7 Å². The zero-order valence-corrected chi connectivity index (χ0v) is 16.7. The first-order chi connectivity index (χ1) is 12.6. The van der Waals surface area contributed by atoms with E-state index in [1.165, 1.54) is 11.8 Å². The van der Waals surface area contributed by atoms with Crippen molar-refractivity contribution < 1.29 is 19.1 Å². The highest BCUT2D eigenvalue weighted by molar-refractivity contribution is 8.26. The molecule has 26 heavy (non-hydrogen) atoms. The quantitative estimate of drug-likeness (QED) is 0.273. The van der Waals surface area contributed by atoms with Crippen LogP contribution in [0, 0.1) is 0 Å². The lowest BCUT2D eigenvalue weighted by atomic mass is 10.1. The number of thioether (sulfide) groups is 1. The molecule has 0 atom stereocenters. The Morgan fingerprint density at radius 2 is 2.04 bits per heavy atom. The highest BCUT2D eigenvalue weighted by atomic mass is 32.2. The third kappa shape index (κ3) is 5.57. The number of esters is 1. The van der Waals surface area contributed by atoms with Crippen LogP contribution >= 0.6 is 24.0 Å². The van der Waals surface area contributed by atoms with Gasteiger partial charge in [0.15, 0.2) is 0 Å². The first-order valence-corrected chi connectivity index (χ1v) is 9.83. The Kier molecular flexibility index (Phi) is 8.12. The standard InChI is InChI=1S/C19H23NO4S2/c1-3-24-17(21)11-5-4-8-12-20-18(22)16(26-19(20)25)13-14-9-6-7-10-15(14)23-2/h6-7,9-10,13H,3-5,8,11-12H2,1-2H3/b16-13+. The van der Waals surface area contributed by atoms with Crippen LogP contribution in [0.2, 0.25) is 0 Å². The molecule has 1 amide bonds. The average Bonchev–Trinajstić information content (AvgIpc) is 2.89. The zero-order valence-electron chi connectivity index (χ0n) is 15.0. The van der Waals surface area contributed by atoms with Gasteiger partial charge in [-0.2, -0.15) is 0 Å². The second-order valence-electron chi connectivity index (χ2n) is 5.69. The van der Waals surface area contributed by atoms with E-state index in [9.17, 15) is 9.59 Å². The summed E-state index contributed by atoms with van der Waals surface area (Å²) < 4.78 is 10.8. The Hall–Kier alpha value is -1.86. The molecule has 0 aromatic heterocycles. The first kappa shape index (κ1) is 20.5. The number of ether oxygens (including phenoxy) is 2. The number of thiocarbonyl (C=S) groups is 1. The summed E-state index contributed by atoms with van der Waals surface area (Å²) in [6.07, 6.45) is 4.64. The van der Waals surface area contributed by atoms with E-state index in [-0.39, 0.29) is 11.9 Å². The molecule has 0 saturated carbocycles. The van der Waals surface area contributed by atoms with Crippen LogP contribution in [0.25, 0.3) is 6.08 Å². The van der Waals surface area contributed by atoms with E-state index in [1.807, 2.05) is 30.3 Å². The Morgan fingerprint density at radius 1 is 1.27 bits per heavy atom. The molecular weight excluding hydrogens is 370 g/mol. The van der Waals surface area contributed by atoms with Gasteiger partial charge in [-0.1, -0.05) is 48.6 Å². The van der Waals surface area contributed by atoms with Crippen LogP contribution in [0.4, 0.5) is 0 Å². The van der Waals surface area contributed by atoms with E-state index < -0.39 is 0 Å². The van der Waals surface area contributed by atoms with Crippen molar-refractivity contribution in [2.75, 3.05) is 20.3 Å². The molecule has 2 rings (SSSR count). The van der Waals surface area contributed by atoms with E-state index in [0.29, 0.717) is 28.8 Å². The summed E-state index contributed by atoms with van der Waals surface area (Å²) in [6, 6.07) is 7.55. The minimum absolute atomic E-state index is 0.0729. The van der Waals surface area contributed by atoms with Gasteiger partial charge in [0.25, 0.3) is 5.91 Å². The van der Waals surface area contributed by atoms with Crippen molar-refractivity contribution in [2.24, 2.45) is 0 Å². The van der Waals surface area contributed by atoms with Gasteiger partial charge in [0.1, 0.15) is 10.1 Å². The summed E-state index contributed by atoms with van der Waals surface area (Å²) in [5.41, 5.74) is 0.852. The summed E-state index contributed by atoms with van der Waals surface area (Å²) in [5, 5.41) is 0. The Balaban J connectivity index is 1.88. The third-order valence-corrected chi connectivity index (χ3v) is 5.24.